The van der Waals surface area contributed by atoms with Crippen LogP contribution in [0.1, 0.15) is 19.3 Å². The SMILES string of the molecule is COC12C=CC3CC1C1CCC(=O)C4OC2C3C41. The summed E-state index contributed by atoms with van der Waals surface area (Å²) in [6.45, 7) is 0. The molecule has 6 bridgehead atoms. The molecule has 0 amide bonds. The lowest BCUT2D eigenvalue weighted by Crippen LogP contribution is -2.67. The van der Waals surface area contributed by atoms with Gasteiger partial charge in [-0.3, -0.25) is 4.79 Å². The van der Waals surface area contributed by atoms with Crippen molar-refractivity contribution in [2.75, 3.05) is 7.11 Å². The van der Waals surface area contributed by atoms with E-state index in [1.807, 2.05) is 7.11 Å². The zero-order valence-electron chi connectivity index (χ0n) is 10.5. The van der Waals surface area contributed by atoms with Gasteiger partial charge in [-0.15, -0.1) is 0 Å². The van der Waals surface area contributed by atoms with Gasteiger partial charge in [0, 0.05) is 25.4 Å². The van der Waals surface area contributed by atoms with Gasteiger partial charge in [-0.25, -0.2) is 0 Å². The van der Waals surface area contributed by atoms with Crippen molar-refractivity contribution < 1.29 is 14.3 Å². The first kappa shape index (κ1) is 10.2. The highest BCUT2D eigenvalue weighted by Gasteiger charge is 2.73. The first-order valence-electron chi connectivity index (χ1n) is 7.19. The van der Waals surface area contributed by atoms with Gasteiger partial charge in [0.25, 0.3) is 0 Å². The number of allylic oxidation sites excluding steroid dienone is 1. The van der Waals surface area contributed by atoms with E-state index in [9.17, 15) is 4.79 Å². The van der Waals surface area contributed by atoms with Gasteiger partial charge < -0.3 is 9.47 Å². The second kappa shape index (κ2) is 2.91. The predicted octanol–water partition coefficient (Wildman–Crippen LogP) is 1.57. The lowest BCUT2D eigenvalue weighted by molar-refractivity contribution is -0.197. The molecule has 0 aromatic rings. The summed E-state index contributed by atoms with van der Waals surface area (Å²) >= 11 is 0. The van der Waals surface area contributed by atoms with Gasteiger partial charge in [0.2, 0.25) is 0 Å². The Morgan fingerprint density at radius 1 is 1.44 bits per heavy atom. The van der Waals surface area contributed by atoms with E-state index in [4.69, 9.17) is 9.47 Å². The summed E-state index contributed by atoms with van der Waals surface area (Å²) in [6.07, 6.45) is 7.65. The van der Waals surface area contributed by atoms with Crippen molar-refractivity contribution in [3.63, 3.8) is 0 Å². The van der Waals surface area contributed by atoms with Crippen LogP contribution >= 0.6 is 0 Å². The molecule has 0 N–H and O–H groups in total. The Morgan fingerprint density at radius 3 is 3.17 bits per heavy atom. The number of carbonyl (C=O) groups excluding carboxylic acids is 1. The number of rotatable bonds is 1. The Kier molecular flexibility index (Phi) is 1.64. The third-order valence-electron chi connectivity index (χ3n) is 6.49. The van der Waals surface area contributed by atoms with Crippen LogP contribution in [0.2, 0.25) is 0 Å². The van der Waals surface area contributed by atoms with E-state index in [0.29, 0.717) is 35.4 Å². The van der Waals surface area contributed by atoms with Crippen molar-refractivity contribution in [2.24, 2.45) is 29.6 Å². The van der Waals surface area contributed by atoms with E-state index in [1.165, 1.54) is 6.42 Å². The normalized spacial score (nSPS) is 62.7. The summed E-state index contributed by atoms with van der Waals surface area (Å²) in [5.41, 5.74) is -0.222. The Bertz CT molecular complexity index is 470. The highest BCUT2D eigenvalue weighted by Crippen LogP contribution is 2.68. The van der Waals surface area contributed by atoms with Crippen molar-refractivity contribution in [1.29, 1.82) is 0 Å². The zero-order valence-corrected chi connectivity index (χ0v) is 10.5. The minimum atomic E-state index is -0.222. The fourth-order valence-corrected chi connectivity index (χ4v) is 5.96. The van der Waals surface area contributed by atoms with Gasteiger partial charge >= 0.3 is 0 Å². The fourth-order valence-electron chi connectivity index (χ4n) is 5.96. The lowest BCUT2D eigenvalue weighted by Gasteiger charge is -2.62. The second-order valence-electron chi connectivity index (χ2n) is 6.72. The molecule has 0 aromatic carbocycles. The Balaban J connectivity index is 1.73. The quantitative estimate of drug-likeness (QED) is 0.659. The molecule has 7 rings (SSSR count). The monoisotopic (exact) mass is 246 g/mol. The molecule has 4 saturated carbocycles. The van der Waals surface area contributed by atoms with E-state index < -0.39 is 0 Å². The summed E-state index contributed by atoms with van der Waals surface area (Å²) in [7, 11) is 1.81. The number of Topliss-reactive ketones (excluding diaryl/α,β-unsaturated/α-hetero) is 1. The van der Waals surface area contributed by atoms with Crippen LogP contribution in [0.25, 0.3) is 0 Å². The molecule has 96 valence electrons. The number of hydrogen-bond acceptors (Lipinski definition) is 3. The maximum atomic E-state index is 12.1. The topological polar surface area (TPSA) is 35.5 Å². The van der Waals surface area contributed by atoms with Crippen molar-refractivity contribution in [2.45, 2.75) is 37.1 Å². The molecule has 1 aliphatic heterocycles. The van der Waals surface area contributed by atoms with Crippen LogP contribution in [-0.2, 0) is 14.3 Å². The molecule has 0 radical (unpaired) electrons. The molecule has 0 spiro atoms. The van der Waals surface area contributed by atoms with Gasteiger partial charge in [0.05, 0.1) is 6.10 Å². The summed E-state index contributed by atoms with van der Waals surface area (Å²) in [6, 6.07) is 0. The van der Waals surface area contributed by atoms with E-state index in [0.717, 1.165) is 12.8 Å². The molecule has 8 unspecified atom stereocenters. The van der Waals surface area contributed by atoms with Crippen LogP contribution < -0.4 is 0 Å². The molecule has 8 atom stereocenters. The highest BCUT2D eigenvalue weighted by molar-refractivity contribution is 5.85. The lowest BCUT2D eigenvalue weighted by atomic mass is 9.44. The third-order valence-corrected chi connectivity index (χ3v) is 6.49. The van der Waals surface area contributed by atoms with E-state index in [1.54, 1.807) is 0 Å². The molecule has 6 aliphatic carbocycles. The second-order valence-corrected chi connectivity index (χ2v) is 6.72. The molecule has 5 fully saturated rings. The molecule has 3 nitrogen and oxygen atoms in total. The van der Waals surface area contributed by atoms with Gasteiger partial charge in [-0.05, 0) is 30.6 Å². The largest absolute Gasteiger partial charge is 0.371 e. The summed E-state index contributed by atoms with van der Waals surface area (Å²) in [4.78, 5) is 12.1. The van der Waals surface area contributed by atoms with Gasteiger partial charge in [0.1, 0.15) is 11.7 Å². The average Bonchev–Trinajstić information content (AvgIpc) is 2.81. The van der Waals surface area contributed by atoms with Crippen molar-refractivity contribution in [1.82, 2.24) is 0 Å². The maximum Gasteiger partial charge on any atom is 0.161 e. The molecule has 1 heterocycles. The van der Waals surface area contributed by atoms with Crippen LogP contribution in [0.5, 0.6) is 0 Å². The van der Waals surface area contributed by atoms with Crippen LogP contribution in [0.15, 0.2) is 12.2 Å². The average molecular weight is 246 g/mol. The van der Waals surface area contributed by atoms with Crippen LogP contribution in [0, 0.1) is 29.6 Å². The summed E-state index contributed by atoms with van der Waals surface area (Å²) in [5, 5.41) is 0. The molecule has 3 heteroatoms. The number of methoxy groups -OCH3 is 1. The van der Waals surface area contributed by atoms with E-state index >= 15 is 0 Å². The third kappa shape index (κ3) is 0.837. The van der Waals surface area contributed by atoms with Gasteiger partial charge in [-0.2, -0.15) is 0 Å². The smallest absolute Gasteiger partial charge is 0.161 e. The summed E-state index contributed by atoms with van der Waals surface area (Å²) < 4.78 is 12.2. The van der Waals surface area contributed by atoms with Gasteiger partial charge in [-0.1, -0.05) is 12.2 Å². The number of hydrogen-bond donors (Lipinski definition) is 0. The predicted molar refractivity (Wildman–Crippen MR) is 63.8 cm³/mol. The first-order chi connectivity index (χ1) is 8.76. The summed E-state index contributed by atoms with van der Waals surface area (Å²) in [5.74, 6) is 3.24. The van der Waals surface area contributed by atoms with Crippen LogP contribution in [0.3, 0.4) is 0 Å². The fraction of sp³-hybridized carbons (Fsp3) is 0.800. The Morgan fingerprint density at radius 2 is 2.33 bits per heavy atom. The molecule has 1 saturated heterocycles. The minimum absolute atomic E-state index is 0.110. The van der Waals surface area contributed by atoms with Gasteiger partial charge in [0.15, 0.2) is 5.78 Å². The molecule has 18 heavy (non-hydrogen) atoms. The van der Waals surface area contributed by atoms with Crippen LogP contribution in [-0.4, -0.2) is 30.7 Å². The highest BCUT2D eigenvalue weighted by atomic mass is 16.6. The minimum Gasteiger partial charge on any atom is -0.371 e. The zero-order chi connectivity index (χ0) is 12.1. The van der Waals surface area contributed by atoms with Crippen LogP contribution in [0.4, 0.5) is 0 Å². The first-order valence-corrected chi connectivity index (χ1v) is 7.19. The number of ketones is 1. The molecule has 0 aromatic heterocycles. The Labute approximate surface area is 107 Å². The maximum absolute atomic E-state index is 12.1. The van der Waals surface area contributed by atoms with Crippen molar-refractivity contribution in [3.8, 4) is 0 Å². The Hall–Kier alpha value is -0.670. The van der Waals surface area contributed by atoms with Crippen molar-refractivity contribution in [3.05, 3.63) is 12.2 Å². The van der Waals surface area contributed by atoms with Crippen molar-refractivity contribution >= 4 is 5.78 Å². The van der Waals surface area contributed by atoms with E-state index in [-0.39, 0.29) is 17.8 Å². The standard InChI is InChI=1S/C15H18O3/c1-17-15-5-4-7-6-9(15)8-2-3-10(16)13-12(8)11(7)14(15)18-13/h4-5,7-9,11-14H,2-3,6H2,1H3. The number of ether oxygens (including phenoxy) is 2. The molecular formula is C15H18O3. The van der Waals surface area contributed by atoms with E-state index in [2.05, 4.69) is 12.2 Å². The number of carbonyl (C=O) groups is 1. The molecular weight excluding hydrogens is 228 g/mol. The molecule has 7 aliphatic rings.